The first-order chi connectivity index (χ1) is 14.9. The van der Waals surface area contributed by atoms with Crippen LogP contribution < -0.4 is 16.4 Å². The summed E-state index contributed by atoms with van der Waals surface area (Å²) < 4.78 is 9.73. The van der Waals surface area contributed by atoms with E-state index in [0.29, 0.717) is 5.69 Å². The average Bonchev–Trinajstić information content (AvgIpc) is 2.76. The molecular weight excluding hydrogens is 406 g/mol. The van der Waals surface area contributed by atoms with Gasteiger partial charge < -0.3 is 25.8 Å². The highest BCUT2D eigenvalue weighted by Crippen LogP contribution is 2.07. The molecule has 0 aliphatic heterocycles. The van der Waals surface area contributed by atoms with Gasteiger partial charge in [0.05, 0.1) is 37.2 Å². The molecule has 4 N–H and O–H groups in total. The Morgan fingerprint density at radius 2 is 1.97 bits per heavy atom. The molecule has 0 saturated heterocycles. The van der Waals surface area contributed by atoms with Crippen LogP contribution in [0.3, 0.4) is 0 Å². The van der Waals surface area contributed by atoms with Crippen molar-refractivity contribution in [1.82, 2.24) is 15.6 Å². The number of carbonyl (C=O) groups excluding carboxylic acids is 4. The first-order valence-electron chi connectivity index (χ1n) is 9.67. The number of carbonyl (C=O) groups is 4. The first-order valence-corrected chi connectivity index (χ1v) is 9.67. The number of hydrogen-bond acceptors (Lipinski definition) is 9. The van der Waals surface area contributed by atoms with E-state index in [9.17, 15) is 19.2 Å². The molecule has 1 unspecified atom stereocenters. The molecule has 1 rings (SSSR count). The third-order valence-electron chi connectivity index (χ3n) is 3.70. The van der Waals surface area contributed by atoms with Crippen molar-refractivity contribution >= 4 is 35.7 Å². The normalized spacial score (nSPS) is 12.1. The molecule has 0 aliphatic rings. The van der Waals surface area contributed by atoms with Gasteiger partial charge in [-0.1, -0.05) is 0 Å². The van der Waals surface area contributed by atoms with E-state index >= 15 is 0 Å². The Labute approximate surface area is 180 Å². The number of nitrogens with two attached hydrogens (primary N) is 1. The van der Waals surface area contributed by atoms with Crippen molar-refractivity contribution in [2.45, 2.75) is 32.7 Å². The molecule has 0 aliphatic carbocycles. The first kappa shape index (κ1) is 25.3. The van der Waals surface area contributed by atoms with Gasteiger partial charge in [-0.25, -0.2) is 4.79 Å². The molecule has 0 saturated carbocycles. The summed E-state index contributed by atoms with van der Waals surface area (Å²) >= 11 is 0. The van der Waals surface area contributed by atoms with E-state index in [-0.39, 0.29) is 31.6 Å². The largest absolute Gasteiger partial charge is 0.466 e. The van der Waals surface area contributed by atoms with Gasteiger partial charge in [-0.2, -0.15) is 0 Å². The minimum absolute atomic E-state index is 0.00305. The van der Waals surface area contributed by atoms with Gasteiger partial charge in [0.1, 0.15) is 6.04 Å². The third kappa shape index (κ3) is 10.0. The van der Waals surface area contributed by atoms with Crippen LogP contribution in [0, 0.1) is 0 Å². The van der Waals surface area contributed by atoms with Crippen LogP contribution in [0.15, 0.2) is 41.3 Å². The van der Waals surface area contributed by atoms with Crippen molar-refractivity contribution in [1.29, 1.82) is 0 Å². The van der Waals surface area contributed by atoms with Crippen molar-refractivity contribution in [3.8, 4) is 0 Å². The molecule has 168 valence electrons. The summed E-state index contributed by atoms with van der Waals surface area (Å²) in [4.78, 5) is 55.9. The Kier molecular flexibility index (Phi) is 11.6. The van der Waals surface area contributed by atoms with Gasteiger partial charge in [-0.3, -0.25) is 24.4 Å². The maximum atomic E-state index is 12.2. The Hall–Kier alpha value is -3.76. The van der Waals surface area contributed by atoms with Crippen LogP contribution >= 0.6 is 0 Å². The van der Waals surface area contributed by atoms with E-state index < -0.39 is 36.3 Å². The average molecular weight is 433 g/mol. The van der Waals surface area contributed by atoms with E-state index in [1.807, 2.05) is 0 Å². The van der Waals surface area contributed by atoms with Gasteiger partial charge in [0, 0.05) is 25.0 Å². The molecule has 0 bridgehead atoms. The molecule has 1 heterocycles. The zero-order valence-electron chi connectivity index (χ0n) is 17.5. The molecule has 2 amide bonds. The van der Waals surface area contributed by atoms with Crippen LogP contribution in [0.25, 0.3) is 0 Å². The molecule has 31 heavy (non-hydrogen) atoms. The summed E-state index contributed by atoms with van der Waals surface area (Å²) in [6, 6.07) is 2.32. The Bertz CT molecular complexity index is 810. The SMILES string of the molecule is CCOC(=O)CCC(NC(=O)CNC(=O)/C(C=Nc1cccnc1)=C/N)C(=O)OCC. The van der Waals surface area contributed by atoms with Gasteiger partial charge in [0.2, 0.25) is 5.91 Å². The third-order valence-corrected chi connectivity index (χ3v) is 3.70. The van der Waals surface area contributed by atoms with Crippen LogP contribution in [0.2, 0.25) is 0 Å². The van der Waals surface area contributed by atoms with Crippen LogP contribution in [0.5, 0.6) is 0 Å². The molecular formula is C20H27N5O6. The topological polar surface area (TPSA) is 162 Å². The van der Waals surface area contributed by atoms with Crippen molar-refractivity contribution in [3.05, 3.63) is 36.3 Å². The zero-order chi connectivity index (χ0) is 23.1. The lowest BCUT2D eigenvalue weighted by molar-refractivity contribution is -0.148. The number of aromatic nitrogens is 1. The predicted molar refractivity (Wildman–Crippen MR) is 112 cm³/mol. The summed E-state index contributed by atoms with van der Waals surface area (Å²) in [7, 11) is 0. The van der Waals surface area contributed by atoms with Gasteiger partial charge in [-0.15, -0.1) is 0 Å². The number of amides is 2. The second-order valence-electron chi connectivity index (χ2n) is 5.99. The summed E-state index contributed by atoms with van der Waals surface area (Å²) in [6.07, 6.45) is 5.30. The van der Waals surface area contributed by atoms with Crippen LogP contribution in [-0.2, 0) is 28.7 Å². The van der Waals surface area contributed by atoms with Gasteiger partial charge in [0.25, 0.3) is 5.91 Å². The van der Waals surface area contributed by atoms with Crippen molar-refractivity contribution in [2.75, 3.05) is 19.8 Å². The van der Waals surface area contributed by atoms with Crippen molar-refractivity contribution < 1.29 is 28.7 Å². The summed E-state index contributed by atoms with van der Waals surface area (Å²) in [5, 5.41) is 4.82. The van der Waals surface area contributed by atoms with Crippen molar-refractivity contribution in [2.24, 2.45) is 10.7 Å². The summed E-state index contributed by atoms with van der Waals surface area (Å²) in [5.74, 6) is -2.46. The number of esters is 2. The number of ether oxygens (including phenoxy) is 2. The van der Waals surface area contributed by atoms with Gasteiger partial charge in [0.15, 0.2) is 0 Å². The number of nitrogens with zero attached hydrogens (tertiary/aromatic N) is 2. The Balaban J connectivity index is 2.61. The minimum atomic E-state index is -1.05. The molecule has 11 heteroatoms. The minimum Gasteiger partial charge on any atom is -0.466 e. The fourth-order valence-corrected chi connectivity index (χ4v) is 2.25. The van der Waals surface area contributed by atoms with E-state index in [0.717, 1.165) is 6.20 Å². The quantitative estimate of drug-likeness (QED) is 0.238. The lowest BCUT2D eigenvalue weighted by Gasteiger charge is -2.17. The highest BCUT2D eigenvalue weighted by atomic mass is 16.5. The van der Waals surface area contributed by atoms with Gasteiger partial charge >= 0.3 is 11.9 Å². The second-order valence-corrected chi connectivity index (χ2v) is 5.99. The van der Waals surface area contributed by atoms with Crippen LogP contribution in [0.4, 0.5) is 5.69 Å². The van der Waals surface area contributed by atoms with Gasteiger partial charge in [-0.05, 0) is 32.4 Å². The predicted octanol–water partition coefficient (Wildman–Crippen LogP) is 0.134. The fourth-order valence-electron chi connectivity index (χ4n) is 2.25. The molecule has 0 aromatic carbocycles. The fraction of sp³-hybridized carbons (Fsp3) is 0.400. The number of pyridine rings is 1. The summed E-state index contributed by atoms with van der Waals surface area (Å²) in [6.45, 7) is 3.18. The van der Waals surface area contributed by atoms with E-state index in [1.54, 1.807) is 32.2 Å². The Morgan fingerprint density at radius 1 is 1.23 bits per heavy atom. The highest BCUT2D eigenvalue weighted by Gasteiger charge is 2.23. The number of rotatable bonds is 12. The molecule has 11 nitrogen and oxygen atoms in total. The highest BCUT2D eigenvalue weighted by molar-refractivity contribution is 6.13. The number of aliphatic imine (C=N–C) groups is 1. The lowest BCUT2D eigenvalue weighted by Crippen LogP contribution is -2.46. The Morgan fingerprint density at radius 3 is 2.58 bits per heavy atom. The van der Waals surface area contributed by atoms with E-state index in [1.165, 1.54) is 12.4 Å². The molecule has 1 atom stereocenters. The molecule has 0 spiro atoms. The van der Waals surface area contributed by atoms with Crippen molar-refractivity contribution in [3.63, 3.8) is 0 Å². The molecule has 1 aromatic heterocycles. The smallest absolute Gasteiger partial charge is 0.328 e. The second kappa shape index (κ2) is 14.3. The van der Waals surface area contributed by atoms with E-state index in [2.05, 4.69) is 20.6 Å². The van der Waals surface area contributed by atoms with Crippen LogP contribution in [0.1, 0.15) is 26.7 Å². The maximum Gasteiger partial charge on any atom is 0.328 e. The number of hydrogen-bond donors (Lipinski definition) is 3. The molecule has 0 radical (unpaired) electrons. The molecule has 0 fully saturated rings. The van der Waals surface area contributed by atoms with E-state index in [4.69, 9.17) is 15.2 Å². The summed E-state index contributed by atoms with van der Waals surface area (Å²) in [5.41, 5.74) is 6.00. The zero-order valence-corrected chi connectivity index (χ0v) is 17.5. The number of nitrogens with one attached hydrogen (secondary N) is 2. The van der Waals surface area contributed by atoms with Crippen LogP contribution in [-0.4, -0.2) is 60.8 Å². The monoisotopic (exact) mass is 433 g/mol. The standard InChI is InChI=1S/C20H27N5O6/c1-3-30-18(27)8-7-16(20(29)31-4-2)25-17(26)13-24-19(28)14(10-21)11-23-15-6-5-9-22-12-15/h5-6,9-12,16H,3-4,7-8,13,21H2,1-2H3,(H,24,28)(H,25,26)/b14-10+,23-11?. The molecule has 1 aromatic rings. The lowest BCUT2D eigenvalue weighted by atomic mass is 10.1. The maximum absolute atomic E-state index is 12.2.